The van der Waals surface area contributed by atoms with Gasteiger partial charge < -0.3 is 14.9 Å². The number of unbranched alkanes of at least 4 members (excludes halogenated alkanes) is 14. The summed E-state index contributed by atoms with van der Waals surface area (Å²) >= 11 is 0. The minimum Gasteiger partial charge on any atom is -0.341 e. The number of phosphoric acid groups is 1. The van der Waals surface area contributed by atoms with Crippen LogP contribution in [0.1, 0.15) is 110 Å². The molecule has 0 aromatic rings. The molecule has 0 aliphatic rings. The van der Waals surface area contributed by atoms with Crippen LogP contribution < -0.4 is 0 Å². The predicted octanol–water partition coefficient (Wildman–Crippen LogP) is 5.75. The summed E-state index contributed by atoms with van der Waals surface area (Å²) in [6.07, 6.45) is 19.7. The molecule has 0 radical (unpaired) electrons. The van der Waals surface area contributed by atoms with Crippen LogP contribution >= 0.6 is 7.82 Å². The topological polar surface area (TPSA) is 87.0 Å². The minimum atomic E-state index is -4.56. The van der Waals surface area contributed by atoms with Crippen molar-refractivity contribution in [2.24, 2.45) is 0 Å². The molecule has 7 heteroatoms. The molecule has 1 atom stereocenters. The fourth-order valence-electron chi connectivity index (χ4n) is 3.50. The van der Waals surface area contributed by atoms with E-state index < -0.39 is 13.5 Å². The summed E-state index contributed by atoms with van der Waals surface area (Å²) < 4.78 is 15.6. The zero-order valence-electron chi connectivity index (χ0n) is 19.6. The van der Waals surface area contributed by atoms with E-state index in [9.17, 15) is 9.67 Å². The Morgan fingerprint density at radius 3 is 1.45 bits per heavy atom. The van der Waals surface area contributed by atoms with Gasteiger partial charge in [0.15, 0.2) is 0 Å². The molecule has 0 aromatic heterocycles. The highest BCUT2D eigenvalue weighted by atomic mass is 31.2. The van der Waals surface area contributed by atoms with Crippen molar-refractivity contribution in [2.45, 2.75) is 116 Å². The van der Waals surface area contributed by atoms with E-state index in [0.717, 1.165) is 19.4 Å². The summed E-state index contributed by atoms with van der Waals surface area (Å²) in [4.78, 5) is 17.7. The molecule has 0 aromatic carbocycles. The number of quaternary nitrogens is 1. The van der Waals surface area contributed by atoms with Crippen LogP contribution in [0.25, 0.3) is 0 Å². The summed E-state index contributed by atoms with van der Waals surface area (Å²) in [5, 5.41) is 10.5. The summed E-state index contributed by atoms with van der Waals surface area (Å²) in [5.74, 6) is 0. The Morgan fingerprint density at radius 2 is 1.10 bits per heavy atom. The van der Waals surface area contributed by atoms with E-state index >= 15 is 0 Å². The quantitative estimate of drug-likeness (QED) is 0.0975. The molecule has 0 aliphatic heterocycles. The molecule has 176 valence electrons. The molecular weight excluding hydrogens is 389 g/mol. The van der Waals surface area contributed by atoms with Crippen LogP contribution in [-0.4, -0.2) is 52.3 Å². The molecule has 29 heavy (non-hydrogen) atoms. The van der Waals surface area contributed by atoms with E-state index in [-0.39, 0.29) is 11.1 Å². The van der Waals surface area contributed by atoms with Crippen LogP contribution in [0.2, 0.25) is 0 Å². The van der Waals surface area contributed by atoms with E-state index in [1.165, 1.54) is 83.5 Å². The van der Waals surface area contributed by atoms with Gasteiger partial charge in [0.05, 0.1) is 20.6 Å². The Bertz CT molecular complexity index is 437. The van der Waals surface area contributed by atoms with Gasteiger partial charge in [-0.3, -0.25) is 9.01 Å². The van der Waals surface area contributed by atoms with Crippen LogP contribution in [0.3, 0.4) is 0 Å². The van der Waals surface area contributed by atoms with Gasteiger partial charge in [0.2, 0.25) is 5.72 Å². The maximum absolute atomic E-state index is 10.9. The highest BCUT2D eigenvalue weighted by molar-refractivity contribution is 7.46. The van der Waals surface area contributed by atoms with Crippen molar-refractivity contribution in [3.63, 3.8) is 0 Å². The van der Waals surface area contributed by atoms with Gasteiger partial charge in [-0.1, -0.05) is 90.4 Å². The van der Waals surface area contributed by atoms with Crippen molar-refractivity contribution in [3.05, 3.63) is 0 Å². The first-order valence-electron chi connectivity index (χ1n) is 11.8. The number of nitrogens with zero attached hydrogens (tertiary/aromatic N) is 1. The number of hydrogen-bond donors (Lipinski definition) is 3. The molecule has 0 bridgehead atoms. The first kappa shape index (κ1) is 29.0. The Balaban J connectivity index is 3.60. The van der Waals surface area contributed by atoms with Gasteiger partial charge in [-0.05, 0) is 12.8 Å². The van der Waals surface area contributed by atoms with Gasteiger partial charge >= 0.3 is 7.82 Å². The first-order chi connectivity index (χ1) is 13.5. The Hall–Kier alpha value is 0.0300. The van der Waals surface area contributed by atoms with E-state index in [1.54, 1.807) is 6.92 Å². The predicted molar refractivity (Wildman–Crippen MR) is 121 cm³/mol. The highest BCUT2D eigenvalue weighted by Gasteiger charge is 2.40. The van der Waals surface area contributed by atoms with Crippen molar-refractivity contribution in [2.75, 3.05) is 27.2 Å². The SMILES string of the molecule is CCCCCCCCCCCCCCCCC[N+](C)(C)C(C)(O)COP(=O)(O)O. The summed E-state index contributed by atoms with van der Waals surface area (Å²) in [6.45, 7) is 4.19. The molecule has 0 saturated heterocycles. The highest BCUT2D eigenvalue weighted by Crippen LogP contribution is 2.37. The number of rotatable bonds is 20. The lowest BCUT2D eigenvalue weighted by molar-refractivity contribution is -0.965. The number of phosphoric ester groups is 1. The second kappa shape index (κ2) is 15.8. The smallest absolute Gasteiger partial charge is 0.341 e. The van der Waals surface area contributed by atoms with Crippen LogP contribution in [0, 0.1) is 0 Å². The second-order valence-electron chi connectivity index (χ2n) is 9.34. The van der Waals surface area contributed by atoms with Gasteiger partial charge in [-0.25, -0.2) is 4.57 Å². The maximum atomic E-state index is 10.9. The van der Waals surface area contributed by atoms with Crippen molar-refractivity contribution in [3.8, 4) is 0 Å². The monoisotopic (exact) mass is 438 g/mol. The molecule has 1 unspecified atom stereocenters. The summed E-state index contributed by atoms with van der Waals surface area (Å²) in [6, 6.07) is 0. The van der Waals surface area contributed by atoms with Crippen molar-refractivity contribution in [1.82, 2.24) is 0 Å². The molecule has 0 spiro atoms. The van der Waals surface area contributed by atoms with E-state index in [4.69, 9.17) is 9.79 Å². The van der Waals surface area contributed by atoms with E-state index in [2.05, 4.69) is 11.4 Å². The Kier molecular flexibility index (Phi) is 15.8. The number of aliphatic hydroxyl groups is 1. The minimum absolute atomic E-state index is 0.255. The Labute approximate surface area is 179 Å². The lowest BCUT2D eigenvalue weighted by Crippen LogP contribution is -2.60. The van der Waals surface area contributed by atoms with Crippen LogP contribution in [0.15, 0.2) is 0 Å². The molecule has 0 heterocycles. The van der Waals surface area contributed by atoms with E-state index in [0.29, 0.717) is 0 Å². The molecule has 6 nitrogen and oxygen atoms in total. The second-order valence-corrected chi connectivity index (χ2v) is 10.6. The zero-order chi connectivity index (χ0) is 22.2. The standard InChI is InChI=1S/C22H48NO5P/c1-5-6-7-8-9-10-11-12-13-14-15-16-17-18-19-20-23(3,4)22(2,24)21-28-29(25,26)27/h24H,5-21H2,1-4H3,(H-,25,26,27)/p+1. The fraction of sp³-hybridized carbons (Fsp3) is 1.00. The van der Waals surface area contributed by atoms with Crippen molar-refractivity contribution < 1.29 is 28.5 Å². The van der Waals surface area contributed by atoms with Crippen molar-refractivity contribution in [1.29, 1.82) is 0 Å². The largest absolute Gasteiger partial charge is 0.469 e. The van der Waals surface area contributed by atoms with Gasteiger partial charge in [-0.15, -0.1) is 0 Å². The molecular formula is C22H49NO5P+. The normalized spacial score (nSPS) is 14.9. The zero-order valence-corrected chi connectivity index (χ0v) is 20.5. The summed E-state index contributed by atoms with van der Waals surface area (Å²) in [7, 11) is -0.829. The van der Waals surface area contributed by atoms with Crippen LogP contribution in [-0.2, 0) is 9.09 Å². The average Bonchev–Trinajstić information content (AvgIpc) is 2.62. The van der Waals surface area contributed by atoms with Gasteiger partial charge in [0.1, 0.15) is 6.61 Å². The third-order valence-corrected chi connectivity index (χ3v) is 6.60. The molecule has 0 saturated carbocycles. The molecule has 0 rings (SSSR count). The molecule has 0 aliphatic carbocycles. The average molecular weight is 439 g/mol. The lowest BCUT2D eigenvalue weighted by atomic mass is 10.0. The van der Waals surface area contributed by atoms with Crippen LogP contribution in [0.4, 0.5) is 0 Å². The van der Waals surface area contributed by atoms with Gasteiger partial charge in [0, 0.05) is 6.92 Å². The van der Waals surface area contributed by atoms with Crippen LogP contribution in [0.5, 0.6) is 0 Å². The van der Waals surface area contributed by atoms with Gasteiger partial charge in [0.25, 0.3) is 0 Å². The molecule has 3 N–H and O–H groups in total. The van der Waals surface area contributed by atoms with Gasteiger partial charge in [-0.2, -0.15) is 0 Å². The first-order valence-corrected chi connectivity index (χ1v) is 13.3. The fourth-order valence-corrected chi connectivity index (χ4v) is 3.91. The third kappa shape index (κ3) is 16.4. The maximum Gasteiger partial charge on any atom is 0.469 e. The van der Waals surface area contributed by atoms with E-state index in [1.807, 2.05) is 14.1 Å². The third-order valence-electron chi connectivity index (χ3n) is 6.13. The molecule has 0 fully saturated rings. The number of hydrogen-bond acceptors (Lipinski definition) is 3. The Morgan fingerprint density at radius 1 is 0.759 bits per heavy atom. The lowest BCUT2D eigenvalue weighted by Gasteiger charge is -2.42. The summed E-state index contributed by atoms with van der Waals surface area (Å²) in [5.41, 5.74) is -1.34. The molecule has 0 amide bonds. The van der Waals surface area contributed by atoms with Crippen molar-refractivity contribution >= 4 is 7.82 Å². The number of likely N-dealkylation sites (N-methyl/N-ethyl adjacent to an activating group) is 1.